The summed E-state index contributed by atoms with van der Waals surface area (Å²) in [6.07, 6.45) is -3.88. The third-order valence-corrected chi connectivity index (χ3v) is 9.51. The summed E-state index contributed by atoms with van der Waals surface area (Å²) in [6, 6.07) is 11.3. The molecule has 1 unspecified atom stereocenters. The number of anilines is 1. The van der Waals surface area contributed by atoms with E-state index in [1.807, 2.05) is 0 Å². The van der Waals surface area contributed by atoms with Crippen LogP contribution in [0.3, 0.4) is 0 Å². The van der Waals surface area contributed by atoms with Gasteiger partial charge in [-0.25, -0.2) is 17.5 Å². The lowest BCUT2D eigenvalue weighted by atomic mass is 10.0. The van der Waals surface area contributed by atoms with Crippen molar-refractivity contribution in [2.75, 3.05) is 18.4 Å². The molecule has 0 aliphatic heterocycles. The SMILES string of the molecule is Cc1cc(NCC(O)(CN(C(C)C)S(=O)(=O)c2ccc(F)cc2)C(F)(F)F)c2cnn(-c3cccc(C(=O)N[C@H](C)C(N)=O)c3)c2c1. The van der Waals surface area contributed by atoms with Crippen molar-refractivity contribution in [1.29, 1.82) is 0 Å². The minimum atomic E-state index is -5.27. The van der Waals surface area contributed by atoms with Crippen LogP contribution in [0.1, 0.15) is 36.7 Å². The molecule has 4 rings (SSSR count). The second kappa shape index (κ2) is 13.3. The molecule has 5 N–H and O–H groups in total. The fourth-order valence-electron chi connectivity index (χ4n) is 4.78. The molecular formula is C31H34F4N6O5S. The maximum atomic E-state index is 14.5. The Balaban J connectivity index is 1.66. The summed E-state index contributed by atoms with van der Waals surface area (Å²) in [7, 11) is -4.57. The Labute approximate surface area is 268 Å². The highest BCUT2D eigenvalue weighted by molar-refractivity contribution is 7.89. The number of hydrogen-bond donors (Lipinski definition) is 4. The number of aryl methyl sites for hydroxylation is 1. The van der Waals surface area contributed by atoms with Gasteiger partial charge < -0.3 is 21.5 Å². The Morgan fingerprint density at radius 1 is 1.06 bits per heavy atom. The first-order valence-corrected chi connectivity index (χ1v) is 15.8. The molecule has 3 aromatic carbocycles. The van der Waals surface area contributed by atoms with Crippen molar-refractivity contribution in [2.24, 2.45) is 5.73 Å². The Morgan fingerprint density at radius 3 is 2.32 bits per heavy atom. The van der Waals surface area contributed by atoms with Crippen LogP contribution in [-0.2, 0) is 14.8 Å². The number of fused-ring (bicyclic) bond motifs is 1. The summed E-state index contributed by atoms with van der Waals surface area (Å²) in [6.45, 7) is 3.38. The Hall–Kier alpha value is -4.54. The number of amides is 2. The average Bonchev–Trinajstić information content (AvgIpc) is 3.42. The monoisotopic (exact) mass is 678 g/mol. The molecule has 1 heterocycles. The average molecular weight is 679 g/mol. The van der Waals surface area contributed by atoms with E-state index in [-0.39, 0.29) is 11.3 Å². The van der Waals surface area contributed by atoms with Crippen LogP contribution in [0, 0.1) is 12.7 Å². The van der Waals surface area contributed by atoms with Crippen molar-refractivity contribution in [1.82, 2.24) is 19.4 Å². The lowest BCUT2D eigenvalue weighted by Crippen LogP contribution is -2.59. The normalized spacial score (nSPS) is 14.3. The standard InChI is InChI=1S/C31H34F4N6O5S/c1-18(2)40(47(45,46)24-10-8-22(32)9-11-24)17-30(44,31(33,34)35)16-37-26-12-19(3)13-27-25(26)15-38-41(27)23-7-5-6-21(14-23)29(43)39-20(4)28(36)42/h5-15,18,20,37,44H,16-17H2,1-4H3,(H2,36,42)(H,39,43)/t20-,30?/m1/s1. The summed E-state index contributed by atoms with van der Waals surface area (Å²) in [5, 5.41) is 20.9. The Kier molecular flexibility index (Phi) is 9.99. The zero-order valence-corrected chi connectivity index (χ0v) is 26.7. The molecular weight excluding hydrogens is 644 g/mol. The molecule has 0 aliphatic carbocycles. The molecule has 0 radical (unpaired) electrons. The number of alkyl halides is 3. The molecule has 0 spiro atoms. The second-order valence-electron chi connectivity index (χ2n) is 11.4. The molecule has 2 amide bonds. The molecule has 0 saturated carbocycles. The molecule has 0 bridgehead atoms. The van der Waals surface area contributed by atoms with Crippen LogP contribution in [-0.4, -0.2) is 76.4 Å². The number of benzene rings is 3. The number of aliphatic hydroxyl groups is 1. The lowest BCUT2D eigenvalue weighted by Gasteiger charge is -2.37. The number of aromatic nitrogens is 2. The molecule has 0 saturated heterocycles. The Morgan fingerprint density at radius 2 is 1.72 bits per heavy atom. The number of carbonyl (C=O) groups is 2. The molecule has 252 valence electrons. The van der Waals surface area contributed by atoms with Gasteiger partial charge in [-0.2, -0.15) is 22.6 Å². The molecule has 0 fully saturated rings. The van der Waals surface area contributed by atoms with Crippen molar-refractivity contribution in [2.45, 2.75) is 56.5 Å². The highest BCUT2D eigenvalue weighted by Gasteiger charge is 2.56. The number of hydrogen-bond acceptors (Lipinski definition) is 7. The van der Waals surface area contributed by atoms with E-state index < -0.39 is 69.5 Å². The minimum absolute atomic E-state index is 0.176. The number of carbonyl (C=O) groups excluding carboxylic acids is 2. The number of primary amides is 1. The van der Waals surface area contributed by atoms with Crippen molar-refractivity contribution in [3.63, 3.8) is 0 Å². The van der Waals surface area contributed by atoms with E-state index >= 15 is 0 Å². The molecule has 4 aromatic rings. The van der Waals surface area contributed by atoms with Gasteiger partial charge in [0.25, 0.3) is 5.91 Å². The largest absolute Gasteiger partial charge is 0.420 e. The van der Waals surface area contributed by atoms with E-state index in [1.165, 1.54) is 43.8 Å². The van der Waals surface area contributed by atoms with Crippen LogP contribution in [0.15, 0.2) is 71.8 Å². The predicted molar refractivity (Wildman–Crippen MR) is 167 cm³/mol. The lowest BCUT2D eigenvalue weighted by molar-refractivity contribution is -0.256. The fourth-order valence-corrected chi connectivity index (χ4v) is 6.47. The van der Waals surface area contributed by atoms with Crippen LogP contribution in [0.2, 0.25) is 0 Å². The number of rotatable bonds is 12. The molecule has 2 atom stereocenters. The molecule has 47 heavy (non-hydrogen) atoms. The summed E-state index contributed by atoms with van der Waals surface area (Å²) in [4.78, 5) is 23.6. The maximum absolute atomic E-state index is 14.5. The third kappa shape index (κ3) is 7.55. The van der Waals surface area contributed by atoms with E-state index in [1.54, 1.807) is 31.2 Å². The predicted octanol–water partition coefficient (Wildman–Crippen LogP) is 3.88. The van der Waals surface area contributed by atoms with Gasteiger partial charge in [0.2, 0.25) is 15.9 Å². The molecule has 16 heteroatoms. The van der Waals surface area contributed by atoms with E-state index in [9.17, 15) is 40.7 Å². The zero-order valence-electron chi connectivity index (χ0n) is 25.8. The topological polar surface area (TPSA) is 160 Å². The van der Waals surface area contributed by atoms with Gasteiger partial charge in [-0.3, -0.25) is 9.59 Å². The summed E-state index contributed by atoms with van der Waals surface area (Å²) in [5.41, 5.74) is 3.55. The number of nitrogens with one attached hydrogen (secondary N) is 2. The van der Waals surface area contributed by atoms with Gasteiger partial charge >= 0.3 is 6.18 Å². The van der Waals surface area contributed by atoms with E-state index in [4.69, 9.17) is 5.73 Å². The third-order valence-electron chi connectivity index (χ3n) is 7.47. The van der Waals surface area contributed by atoms with Crippen molar-refractivity contribution in [3.8, 4) is 5.69 Å². The maximum Gasteiger partial charge on any atom is 0.420 e. The highest BCUT2D eigenvalue weighted by Crippen LogP contribution is 2.35. The summed E-state index contributed by atoms with van der Waals surface area (Å²) in [5.74, 6) is -2.00. The van der Waals surface area contributed by atoms with Gasteiger partial charge in [-0.05, 0) is 87.9 Å². The molecule has 0 aliphatic rings. The quantitative estimate of drug-likeness (QED) is 0.166. The van der Waals surface area contributed by atoms with Gasteiger partial charge in [0, 0.05) is 22.7 Å². The first-order chi connectivity index (χ1) is 21.8. The summed E-state index contributed by atoms with van der Waals surface area (Å²) < 4.78 is 85.5. The van der Waals surface area contributed by atoms with Gasteiger partial charge in [-0.1, -0.05) is 6.07 Å². The number of nitrogens with zero attached hydrogens (tertiary/aromatic N) is 3. The first kappa shape index (κ1) is 35.3. The van der Waals surface area contributed by atoms with Crippen molar-refractivity contribution in [3.05, 3.63) is 83.8 Å². The highest BCUT2D eigenvalue weighted by atomic mass is 32.2. The second-order valence-corrected chi connectivity index (χ2v) is 13.3. The van der Waals surface area contributed by atoms with E-state index in [2.05, 4.69) is 15.7 Å². The van der Waals surface area contributed by atoms with Crippen molar-refractivity contribution < 1.29 is 40.7 Å². The smallest absolute Gasteiger partial charge is 0.381 e. The van der Waals surface area contributed by atoms with Gasteiger partial charge in [0.1, 0.15) is 11.9 Å². The Bertz CT molecular complexity index is 1900. The van der Waals surface area contributed by atoms with Gasteiger partial charge in [-0.15, -0.1) is 0 Å². The van der Waals surface area contributed by atoms with Gasteiger partial charge in [0.05, 0.1) is 35.4 Å². The first-order valence-electron chi connectivity index (χ1n) is 14.3. The van der Waals surface area contributed by atoms with Crippen LogP contribution in [0.4, 0.5) is 23.2 Å². The summed E-state index contributed by atoms with van der Waals surface area (Å²) >= 11 is 0. The number of nitrogens with two attached hydrogens (primary N) is 1. The van der Waals surface area contributed by atoms with Crippen LogP contribution in [0.25, 0.3) is 16.6 Å². The fraction of sp³-hybridized carbons (Fsp3) is 0.323. The molecule has 11 nitrogen and oxygen atoms in total. The van der Waals surface area contributed by atoms with Crippen LogP contribution >= 0.6 is 0 Å². The van der Waals surface area contributed by atoms with E-state index in [0.29, 0.717) is 26.5 Å². The number of halogens is 4. The number of sulfonamides is 1. The van der Waals surface area contributed by atoms with Crippen LogP contribution < -0.4 is 16.4 Å². The zero-order chi connectivity index (χ0) is 34.9. The van der Waals surface area contributed by atoms with Crippen LogP contribution in [0.5, 0.6) is 0 Å². The van der Waals surface area contributed by atoms with E-state index in [0.717, 1.165) is 24.3 Å². The van der Waals surface area contributed by atoms with Gasteiger partial charge in [0.15, 0.2) is 5.60 Å². The minimum Gasteiger partial charge on any atom is -0.381 e. The molecule has 1 aromatic heterocycles. The van der Waals surface area contributed by atoms with Crippen molar-refractivity contribution >= 4 is 38.4 Å².